The van der Waals surface area contributed by atoms with Crippen LogP contribution in [0.4, 0.5) is 8.78 Å². The Morgan fingerprint density at radius 3 is 2.33 bits per heavy atom. The molecule has 0 aliphatic rings. The minimum absolute atomic E-state index is 0.389. The summed E-state index contributed by atoms with van der Waals surface area (Å²) in [6, 6.07) is 0.642. The Morgan fingerprint density at radius 2 is 1.93 bits per heavy atom. The number of pyridine rings is 1. The Hall–Kier alpha value is -0.660. The fraction of sp³-hybridized carbons (Fsp3) is 0.167. The molecule has 84 valence electrons. The monoisotopic (exact) mass is 277 g/mol. The number of hydrogen-bond acceptors (Lipinski definition) is 3. The molecule has 1 aromatic heterocycles. The molecule has 0 aliphatic carbocycles. The highest BCUT2D eigenvalue weighted by Crippen LogP contribution is 2.27. The van der Waals surface area contributed by atoms with E-state index >= 15 is 0 Å². The lowest BCUT2D eigenvalue weighted by Gasteiger charge is -2.04. The molecule has 1 aromatic rings. The van der Waals surface area contributed by atoms with E-state index in [1.807, 2.05) is 4.98 Å². The first-order chi connectivity index (χ1) is 6.73. The van der Waals surface area contributed by atoms with Crippen LogP contribution in [0.5, 0.6) is 0 Å². The molecule has 0 amide bonds. The number of rotatable bonds is 2. The average molecular weight is 278 g/mol. The SMILES string of the molecule is O=c1[nH]c(Cl)cc(C(F)F)c1S(=O)(=O)Cl. The van der Waals surface area contributed by atoms with E-state index in [0.29, 0.717) is 6.07 Å². The lowest BCUT2D eigenvalue weighted by atomic mass is 10.3. The third kappa shape index (κ3) is 2.67. The van der Waals surface area contributed by atoms with Gasteiger partial charge in [0.25, 0.3) is 21.0 Å². The predicted molar refractivity (Wildman–Crippen MR) is 50.1 cm³/mol. The normalized spacial score (nSPS) is 12.1. The van der Waals surface area contributed by atoms with Crippen molar-refractivity contribution in [1.29, 1.82) is 0 Å². The second-order valence-corrected chi connectivity index (χ2v) is 5.38. The van der Waals surface area contributed by atoms with Crippen LogP contribution in [-0.2, 0) is 9.05 Å². The van der Waals surface area contributed by atoms with Gasteiger partial charge in [-0.3, -0.25) is 4.79 Å². The lowest BCUT2D eigenvalue weighted by Crippen LogP contribution is -2.17. The molecule has 0 bridgehead atoms. The van der Waals surface area contributed by atoms with Crippen LogP contribution in [-0.4, -0.2) is 13.4 Å². The molecule has 0 atom stereocenters. The molecule has 1 N–H and O–H groups in total. The fourth-order valence-corrected chi connectivity index (χ4v) is 2.33. The molecule has 0 saturated heterocycles. The summed E-state index contributed by atoms with van der Waals surface area (Å²) < 4.78 is 46.5. The third-order valence-electron chi connectivity index (χ3n) is 1.46. The van der Waals surface area contributed by atoms with Crippen molar-refractivity contribution in [2.75, 3.05) is 0 Å². The van der Waals surface area contributed by atoms with Crippen molar-refractivity contribution in [3.63, 3.8) is 0 Å². The van der Waals surface area contributed by atoms with Gasteiger partial charge in [-0.1, -0.05) is 11.6 Å². The highest BCUT2D eigenvalue weighted by molar-refractivity contribution is 8.13. The van der Waals surface area contributed by atoms with Gasteiger partial charge in [-0.05, 0) is 6.07 Å². The zero-order chi connectivity index (χ0) is 11.8. The molecule has 0 unspecified atom stereocenters. The van der Waals surface area contributed by atoms with Crippen molar-refractivity contribution in [2.24, 2.45) is 0 Å². The van der Waals surface area contributed by atoms with Gasteiger partial charge in [0, 0.05) is 16.2 Å². The maximum atomic E-state index is 12.4. The number of alkyl halides is 2. The van der Waals surface area contributed by atoms with Crippen molar-refractivity contribution >= 4 is 31.3 Å². The van der Waals surface area contributed by atoms with Crippen LogP contribution < -0.4 is 5.56 Å². The number of halogens is 4. The van der Waals surface area contributed by atoms with E-state index in [0.717, 1.165) is 0 Å². The second kappa shape index (κ2) is 4.07. The van der Waals surface area contributed by atoms with Crippen LogP contribution in [0.25, 0.3) is 0 Å². The van der Waals surface area contributed by atoms with E-state index in [-0.39, 0.29) is 5.15 Å². The molecule has 0 aromatic carbocycles. The molecule has 0 saturated carbocycles. The highest BCUT2D eigenvalue weighted by Gasteiger charge is 2.26. The van der Waals surface area contributed by atoms with E-state index in [9.17, 15) is 22.0 Å². The number of hydrogen-bond donors (Lipinski definition) is 1. The zero-order valence-corrected chi connectivity index (χ0v) is 9.13. The van der Waals surface area contributed by atoms with Gasteiger partial charge in [0.2, 0.25) is 0 Å². The Kier molecular flexibility index (Phi) is 3.37. The number of aromatic amines is 1. The summed E-state index contributed by atoms with van der Waals surface area (Å²) in [7, 11) is 0.305. The molecule has 4 nitrogen and oxygen atoms in total. The van der Waals surface area contributed by atoms with Crippen molar-refractivity contribution in [3.05, 3.63) is 27.1 Å². The zero-order valence-electron chi connectivity index (χ0n) is 6.80. The summed E-state index contributed by atoms with van der Waals surface area (Å²) in [4.78, 5) is 11.8. The van der Waals surface area contributed by atoms with Gasteiger partial charge in [0.15, 0.2) is 4.90 Å². The Bertz CT molecular complexity index is 540. The minimum Gasteiger partial charge on any atom is -0.312 e. The summed E-state index contributed by atoms with van der Waals surface area (Å²) >= 11 is 5.29. The fourth-order valence-electron chi connectivity index (χ4n) is 0.948. The first-order valence-electron chi connectivity index (χ1n) is 3.39. The summed E-state index contributed by atoms with van der Waals surface area (Å²) in [6.07, 6.45) is -3.16. The molecule has 1 rings (SSSR count). The van der Waals surface area contributed by atoms with Gasteiger partial charge in [-0.15, -0.1) is 0 Å². The molecule has 0 spiro atoms. The van der Waals surface area contributed by atoms with Crippen LogP contribution in [0.1, 0.15) is 12.0 Å². The first-order valence-corrected chi connectivity index (χ1v) is 6.07. The molecule has 0 aliphatic heterocycles. The maximum Gasteiger partial charge on any atom is 0.269 e. The summed E-state index contributed by atoms with van der Waals surface area (Å²) in [5.74, 6) is 0. The van der Waals surface area contributed by atoms with E-state index in [1.165, 1.54) is 0 Å². The molecule has 0 fully saturated rings. The van der Waals surface area contributed by atoms with Crippen LogP contribution in [0.3, 0.4) is 0 Å². The molecular weight excluding hydrogens is 275 g/mol. The van der Waals surface area contributed by atoms with E-state index in [4.69, 9.17) is 22.3 Å². The molecular formula is C6H3Cl2F2NO3S. The van der Waals surface area contributed by atoms with Crippen LogP contribution in [0.15, 0.2) is 15.8 Å². The summed E-state index contributed by atoms with van der Waals surface area (Å²) in [5.41, 5.74) is -2.29. The van der Waals surface area contributed by atoms with E-state index in [2.05, 4.69) is 0 Å². The molecule has 1 heterocycles. The van der Waals surface area contributed by atoms with Gasteiger partial charge in [-0.25, -0.2) is 17.2 Å². The highest BCUT2D eigenvalue weighted by atomic mass is 35.7. The minimum atomic E-state index is -4.54. The number of H-pyrrole nitrogens is 1. The van der Waals surface area contributed by atoms with Crippen molar-refractivity contribution in [2.45, 2.75) is 11.3 Å². The number of aromatic nitrogens is 1. The predicted octanol–water partition coefficient (Wildman–Crippen LogP) is 1.89. The quantitative estimate of drug-likeness (QED) is 0.663. The van der Waals surface area contributed by atoms with Crippen LogP contribution in [0.2, 0.25) is 5.15 Å². The third-order valence-corrected chi connectivity index (χ3v) is 3.04. The Balaban J connectivity index is 3.71. The van der Waals surface area contributed by atoms with Crippen LogP contribution in [0, 0.1) is 0 Å². The largest absolute Gasteiger partial charge is 0.312 e. The molecule has 0 radical (unpaired) electrons. The maximum absolute atomic E-state index is 12.4. The summed E-state index contributed by atoms with van der Waals surface area (Å²) in [6.45, 7) is 0. The van der Waals surface area contributed by atoms with Crippen LogP contribution >= 0.6 is 22.3 Å². The van der Waals surface area contributed by atoms with Gasteiger partial charge in [0.1, 0.15) is 5.15 Å². The van der Waals surface area contributed by atoms with Gasteiger partial charge < -0.3 is 4.98 Å². The Labute approximate surface area is 92.2 Å². The average Bonchev–Trinajstić information content (AvgIpc) is 1.99. The van der Waals surface area contributed by atoms with Gasteiger partial charge >= 0.3 is 0 Å². The van der Waals surface area contributed by atoms with E-state index < -0.39 is 31.5 Å². The summed E-state index contributed by atoms with van der Waals surface area (Å²) in [5, 5.41) is -0.389. The first kappa shape index (κ1) is 12.4. The number of nitrogens with one attached hydrogen (secondary N) is 1. The van der Waals surface area contributed by atoms with Gasteiger partial charge in [-0.2, -0.15) is 0 Å². The standard InChI is InChI=1S/C6H3Cl2F2NO3S/c7-3-1-2(5(9)10)4(6(12)11-3)15(8,13)14/h1,5H,(H,11,12). The molecule has 15 heavy (non-hydrogen) atoms. The van der Waals surface area contributed by atoms with E-state index in [1.54, 1.807) is 0 Å². The molecule has 9 heteroatoms. The smallest absolute Gasteiger partial charge is 0.269 e. The van der Waals surface area contributed by atoms with Crippen molar-refractivity contribution < 1.29 is 17.2 Å². The second-order valence-electron chi connectivity index (χ2n) is 2.47. The van der Waals surface area contributed by atoms with Gasteiger partial charge in [0.05, 0.1) is 0 Å². The van der Waals surface area contributed by atoms with Crippen molar-refractivity contribution in [1.82, 2.24) is 4.98 Å². The van der Waals surface area contributed by atoms with Crippen molar-refractivity contribution in [3.8, 4) is 0 Å². The topological polar surface area (TPSA) is 67.0 Å². The Morgan fingerprint density at radius 1 is 1.40 bits per heavy atom. The lowest BCUT2D eigenvalue weighted by molar-refractivity contribution is 0.147.